The van der Waals surface area contributed by atoms with Crippen LogP contribution in [0.3, 0.4) is 0 Å². The monoisotopic (exact) mass is 379 g/mol. The highest BCUT2D eigenvalue weighted by Gasteiger charge is 2.23. The lowest BCUT2D eigenvalue weighted by molar-refractivity contribution is -0.676. The Morgan fingerprint density at radius 1 is 1.00 bits per heavy atom. The molecule has 2 atom stereocenters. The minimum Gasteiger partial charge on any atom is -0.334 e. The van der Waals surface area contributed by atoms with E-state index in [9.17, 15) is 4.79 Å². The standard InChI is InChI=1S/C23H26N2OS/c1-17-11-13-20(14-12-17)23(21-10-7-15-27-21)24-16-22(26)25(3)18(2)19-8-5-4-6-9-19/h4-15,18,23-24H,16H2,1-3H3/p+1/t18-,23+/m0/s1. The third-order valence-corrected chi connectivity index (χ3v) is 6.03. The Morgan fingerprint density at radius 3 is 2.33 bits per heavy atom. The second kappa shape index (κ2) is 8.98. The van der Waals surface area contributed by atoms with Gasteiger partial charge in [0, 0.05) is 12.6 Å². The molecule has 0 unspecified atom stereocenters. The van der Waals surface area contributed by atoms with Crippen LogP contribution in [0.2, 0.25) is 0 Å². The molecule has 0 spiro atoms. The predicted molar refractivity (Wildman–Crippen MR) is 112 cm³/mol. The molecule has 2 aromatic carbocycles. The average molecular weight is 380 g/mol. The summed E-state index contributed by atoms with van der Waals surface area (Å²) in [7, 11) is 1.89. The first-order valence-electron chi connectivity index (χ1n) is 9.30. The summed E-state index contributed by atoms with van der Waals surface area (Å²) in [4.78, 5) is 15.9. The molecule has 0 aliphatic carbocycles. The molecule has 1 amide bonds. The van der Waals surface area contributed by atoms with Crippen LogP contribution in [0.1, 0.15) is 40.6 Å². The van der Waals surface area contributed by atoms with Crippen LogP contribution >= 0.6 is 11.3 Å². The topological polar surface area (TPSA) is 36.9 Å². The highest BCUT2D eigenvalue weighted by molar-refractivity contribution is 7.10. The fourth-order valence-electron chi connectivity index (χ4n) is 3.19. The quantitative estimate of drug-likeness (QED) is 0.663. The van der Waals surface area contributed by atoms with E-state index < -0.39 is 0 Å². The van der Waals surface area contributed by atoms with Gasteiger partial charge in [0.05, 0.1) is 10.9 Å². The fourth-order valence-corrected chi connectivity index (χ4v) is 4.04. The molecule has 1 heterocycles. The first kappa shape index (κ1) is 19.3. The van der Waals surface area contributed by atoms with Gasteiger partial charge in [-0.2, -0.15) is 0 Å². The second-order valence-corrected chi connectivity index (χ2v) is 7.91. The number of amides is 1. The predicted octanol–water partition coefficient (Wildman–Crippen LogP) is 3.93. The summed E-state index contributed by atoms with van der Waals surface area (Å²) in [5, 5.41) is 4.24. The maximum atomic E-state index is 12.8. The number of nitrogens with two attached hydrogens (primary N) is 1. The number of nitrogens with zero attached hydrogens (tertiary/aromatic N) is 1. The molecule has 0 aliphatic rings. The van der Waals surface area contributed by atoms with Crippen LogP contribution in [0.5, 0.6) is 0 Å². The van der Waals surface area contributed by atoms with E-state index >= 15 is 0 Å². The smallest absolute Gasteiger partial charge is 0.277 e. The number of aryl methyl sites for hydroxylation is 1. The molecule has 27 heavy (non-hydrogen) atoms. The van der Waals surface area contributed by atoms with E-state index in [2.05, 4.69) is 73.1 Å². The third kappa shape index (κ3) is 4.85. The molecule has 2 N–H and O–H groups in total. The minimum absolute atomic E-state index is 0.0617. The Balaban J connectivity index is 1.69. The summed E-state index contributed by atoms with van der Waals surface area (Å²) < 4.78 is 0. The zero-order chi connectivity index (χ0) is 19.2. The molecule has 0 fully saturated rings. The van der Waals surface area contributed by atoms with Crippen molar-refractivity contribution >= 4 is 17.2 Å². The Morgan fingerprint density at radius 2 is 1.70 bits per heavy atom. The minimum atomic E-state index is 0.0617. The molecule has 0 bridgehead atoms. The van der Waals surface area contributed by atoms with Crippen LogP contribution in [0.25, 0.3) is 0 Å². The maximum absolute atomic E-state index is 12.8. The van der Waals surface area contributed by atoms with Crippen LogP contribution in [0.4, 0.5) is 0 Å². The van der Waals surface area contributed by atoms with Gasteiger partial charge < -0.3 is 10.2 Å². The normalized spacial score (nSPS) is 13.1. The van der Waals surface area contributed by atoms with Gasteiger partial charge in [0.15, 0.2) is 6.54 Å². The largest absolute Gasteiger partial charge is 0.334 e. The molecule has 0 saturated carbocycles. The summed E-state index contributed by atoms with van der Waals surface area (Å²) in [5.74, 6) is 0.139. The van der Waals surface area contributed by atoms with Crippen LogP contribution < -0.4 is 5.32 Å². The summed E-state index contributed by atoms with van der Waals surface area (Å²) in [6.07, 6.45) is 0. The number of hydrogen-bond donors (Lipinski definition) is 1. The lowest BCUT2D eigenvalue weighted by Crippen LogP contribution is -2.87. The molecule has 0 aliphatic heterocycles. The van der Waals surface area contributed by atoms with Crippen molar-refractivity contribution in [2.75, 3.05) is 13.6 Å². The highest BCUT2D eigenvalue weighted by atomic mass is 32.1. The zero-order valence-corrected chi connectivity index (χ0v) is 16.9. The van der Waals surface area contributed by atoms with Crippen molar-refractivity contribution in [1.82, 2.24) is 4.90 Å². The van der Waals surface area contributed by atoms with Gasteiger partial charge in [-0.25, -0.2) is 0 Å². The molecular weight excluding hydrogens is 352 g/mol. The number of hydrogen-bond acceptors (Lipinski definition) is 2. The Kier molecular flexibility index (Phi) is 6.43. The number of likely N-dealkylation sites (N-methyl/N-ethyl adjacent to an activating group) is 1. The van der Waals surface area contributed by atoms with Crippen molar-refractivity contribution in [2.24, 2.45) is 0 Å². The van der Waals surface area contributed by atoms with Gasteiger partial charge >= 0.3 is 0 Å². The molecule has 3 nitrogen and oxygen atoms in total. The summed E-state index contributed by atoms with van der Waals surface area (Å²) in [6.45, 7) is 4.59. The maximum Gasteiger partial charge on any atom is 0.277 e. The van der Waals surface area contributed by atoms with Crippen LogP contribution in [0.15, 0.2) is 72.1 Å². The van der Waals surface area contributed by atoms with Gasteiger partial charge in [0.2, 0.25) is 0 Å². The van der Waals surface area contributed by atoms with Crippen molar-refractivity contribution in [1.29, 1.82) is 0 Å². The number of carbonyl (C=O) groups excluding carboxylic acids is 1. The number of carbonyl (C=O) groups is 1. The first-order valence-corrected chi connectivity index (χ1v) is 10.2. The van der Waals surface area contributed by atoms with Gasteiger partial charge in [-0.1, -0.05) is 66.2 Å². The number of rotatable bonds is 7. The Hall–Kier alpha value is -2.43. The van der Waals surface area contributed by atoms with E-state index in [0.29, 0.717) is 6.54 Å². The molecule has 4 heteroatoms. The average Bonchev–Trinajstić information content (AvgIpc) is 3.23. The number of thiophene rings is 1. The SMILES string of the molecule is Cc1ccc([C@@H]([NH2+]CC(=O)N(C)[C@@H](C)c2ccccc2)c2cccs2)cc1. The molecule has 0 saturated heterocycles. The van der Waals surface area contributed by atoms with E-state index in [1.165, 1.54) is 16.0 Å². The van der Waals surface area contributed by atoms with Gasteiger partial charge in [-0.05, 0) is 30.9 Å². The molecular formula is C23H27N2OS+. The Bertz CT molecular complexity index is 844. The molecule has 1 aromatic heterocycles. The van der Waals surface area contributed by atoms with Crippen molar-refractivity contribution < 1.29 is 10.1 Å². The van der Waals surface area contributed by atoms with Crippen LogP contribution in [-0.4, -0.2) is 24.4 Å². The summed E-state index contributed by atoms with van der Waals surface area (Å²) in [6, 6.07) is 23.2. The lowest BCUT2D eigenvalue weighted by Gasteiger charge is -2.25. The number of benzene rings is 2. The summed E-state index contributed by atoms with van der Waals surface area (Å²) >= 11 is 1.74. The van der Waals surface area contributed by atoms with Crippen LogP contribution in [0, 0.1) is 6.92 Å². The van der Waals surface area contributed by atoms with Crippen molar-refractivity contribution in [3.63, 3.8) is 0 Å². The third-order valence-electron chi connectivity index (χ3n) is 5.07. The van der Waals surface area contributed by atoms with Crippen molar-refractivity contribution in [3.05, 3.63) is 93.7 Å². The van der Waals surface area contributed by atoms with Gasteiger partial charge in [-0.15, -0.1) is 11.3 Å². The van der Waals surface area contributed by atoms with E-state index in [-0.39, 0.29) is 18.0 Å². The van der Waals surface area contributed by atoms with E-state index in [1.54, 1.807) is 11.3 Å². The second-order valence-electron chi connectivity index (χ2n) is 6.93. The number of quaternary nitrogens is 1. The lowest BCUT2D eigenvalue weighted by atomic mass is 10.0. The van der Waals surface area contributed by atoms with Gasteiger partial charge in [0.25, 0.3) is 5.91 Å². The molecule has 140 valence electrons. The highest BCUT2D eigenvalue weighted by Crippen LogP contribution is 2.23. The van der Waals surface area contributed by atoms with Gasteiger partial charge in [0.1, 0.15) is 6.04 Å². The van der Waals surface area contributed by atoms with Crippen molar-refractivity contribution in [2.45, 2.75) is 25.9 Å². The van der Waals surface area contributed by atoms with E-state index in [1.807, 2.05) is 30.1 Å². The molecule has 3 aromatic rings. The first-order chi connectivity index (χ1) is 13.1. The fraction of sp³-hybridized carbons (Fsp3) is 0.261. The summed E-state index contributed by atoms with van der Waals surface area (Å²) in [5.41, 5.74) is 3.63. The molecule has 0 radical (unpaired) electrons. The van der Waals surface area contributed by atoms with E-state index in [4.69, 9.17) is 0 Å². The van der Waals surface area contributed by atoms with Crippen molar-refractivity contribution in [3.8, 4) is 0 Å². The molecule has 3 rings (SSSR count). The van der Waals surface area contributed by atoms with Gasteiger partial charge in [-0.3, -0.25) is 4.79 Å². The van der Waals surface area contributed by atoms with Crippen LogP contribution in [-0.2, 0) is 4.79 Å². The Labute approximate surface area is 165 Å². The zero-order valence-electron chi connectivity index (χ0n) is 16.1. The van der Waals surface area contributed by atoms with E-state index in [0.717, 1.165) is 5.56 Å².